The fourth-order valence-corrected chi connectivity index (χ4v) is 1.27. The third-order valence-corrected chi connectivity index (χ3v) is 2.41. The van der Waals surface area contributed by atoms with E-state index in [9.17, 15) is 9.59 Å². The minimum absolute atomic E-state index is 0.0351. The molecule has 1 rings (SSSR count). The lowest BCUT2D eigenvalue weighted by atomic mass is 10.2. The molecule has 0 aromatic rings. The lowest BCUT2D eigenvalue weighted by molar-refractivity contribution is -0.140. The predicted octanol–water partition coefficient (Wildman–Crippen LogP) is 1.61. The molecule has 1 heterocycles. The van der Waals surface area contributed by atoms with Crippen LogP contribution in [-0.4, -0.2) is 37.9 Å². The molecule has 0 spiro atoms. The SMILES string of the molecule is CCCCCCOC(=O)C=CC(=O)OCC1CO1. The van der Waals surface area contributed by atoms with E-state index in [0.29, 0.717) is 13.2 Å². The Hall–Kier alpha value is -1.36. The molecular formula is C13H20O5. The first kappa shape index (κ1) is 14.7. The normalized spacial score (nSPS) is 17.7. The van der Waals surface area contributed by atoms with E-state index in [1.54, 1.807) is 0 Å². The van der Waals surface area contributed by atoms with Crippen LogP contribution in [0.2, 0.25) is 0 Å². The van der Waals surface area contributed by atoms with Crippen molar-refractivity contribution in [3.8, 4) is 0 Å². The summed E-state index contributed by atoms with van der Waals surface area (Å²) in [6, 6.07) is 0. The van der Waals surface area contributed by atoms with E-state index >= 15 is 0 Å². The smallest absolute Gasteiger partial charge is 0.331 e. The predicted molar refractivity (Wildman–Crippen MR) is 64.9 cm³/mol. The van der Waals surface area contributed by atoms with E-state index < -0.39 is 11.9 Å². The molecule has 0 radical (unpaired) electrons. The summed E-state index contributed by atoms with van der Waals surface area (Å²) in [7, 11) is 0. The zero-order valence-corrected chi connectivity index (χ0v) is 10.7. The molecule has 0 aromatic carbocycles. The van der Waals surface area contributed by atoms with Crippen molar-refractivity contribution in [3.05, 3.63) is 12.2 Å². The van der Waals surface area contributed by atoms with E-state index in [2.05, 4.69) is 6.92 Å². The van der Waals surface area contributed by atoms with Crippen molar-refractivity contribution >= 4 is 11.9 Å². The van der Waals surface area contributed by atoms with Gasteiger partial charge in [-0.3, -0.25) is 0 Å². The number of unbranched alkanes of at least 4 members (excludes halogenated alkanes) is 3. The summed E-state index contributed by atoms with van der Waals surface area (Å²) in [6.07, 6.45) is 6.40. The van der Waals surface area contributed by atoms with Crippen molar-refractivity contribution in [2.75, 3.05) is 19.8 Å². The summed E-state index contributed by atoms with van der Waals surface area (Å²) in [5, 5.41) is 0. The second kappa shape index (κ2) is 8.69. The lowest BCUT2D eigenvalue weighted by Gasteiger charge is -2.01. The van der Waals surface area contributed by atoms with Gasteiger partial charge in [-0.25, -0.2) is 9.59 Å². The second-order valence-corrected chi connectivity index (χ2v) is 4.15. The minimum Gasteiger partial charge on any atom is -0.463 e. The van der Waals surface area contributed by atoms with E-state index in [1.807, 2.05) is 0 Å². The third kappa shape index (κ3) is 7.84. The van der Waals surface area contributed by atoms with Crippen molar-refractivity contribution in [2.24, 2.45) is 0 Å². The Morgan fingerprint density at radius 3 is 2.44 bits per heavy atom. The monoisotopic (exact) mass is 256 g/mol. The van der Waals surface area contributed by atoms with Gasteiger partial charge in [-0.2, -0.15) is 0 Å². The van der Waals surface area contributed by atoms with Crippen LogP contribution >= 0.6 is 0 Å². The molecule has 5 heteroatoms. The summed E-state index contributed by atoms with van der Waals surface area (Å²) in [5.74, 6) is -1.06. The van der Waals surface area contributed by atoms with Crippen molar-refractivity contribution in [3.63, 3.8) is 0 Å². The molecule has 0 aromatic heterocycles. The quantitative estimate of drug-likeness (QED) is 0.271. The first-order chi connectivity index (χ1) is 8.72. The Labute approximate surface area is 107 Å². The van der Waals surface area contributed by atoms with Crippen LogP contribution in [0.25, 0.3) is 0 Å². The van der Waals surface area contributed by atoms with Crippen LogP contribution < -0.4 is 0 Å². The molecule has 102 valence electrons. The van der Waals surface area contributed by atoms with Crippen LogP contribution in [0.5, 0.6) is 0 Å². The molecule has 1 fully saturated rings. The molecule has 5 nitrogen and oxygen atoms in total. The van der Waals surface area contributed by atoms with Gasteiger partial charge >= 0.3 is 11.9 Å². The fourth-order valence-electron chi connectivity index (χ4n) is 1.27. The number of hydrogen-bond donors (Lipinski definition) is 0. The molecule has 1 saturated heterocycles. The highest BCUT2D eigenvalue weighted by molar-refractivity contribution is 5.91. The van der Waals surface area contributed by atoms with Crippen LogP contribution in [0, 0.1) is 0 Å². The zero-order chi connectivity index (χ0) is 13.2. The number of ether oxygens (including phenoxy) is 3. The summed E-state index contributed by atoms with van der Waals surface area (Å²) in [6.45, 7) is 3.40. The molecule has 18 heavy (non-hydrogen) atoms. The van der Waals surface area contributed by atoms with E-state index in [-0.39, 0.29) is 12.7 Å². The number of carbonyl (C=O) groups excluding carboxylic acids is 2. The van der Waals surface area contributed by atoms with Crippen molar-refractivity contribution in [1.82, 2.24) is 0 Å². The van der Waals surface area contributed by atoms with Gasteiger partial charge in [0.25, 0.3) is 0 Å². The maximum atomic E-state index is 11.2. The number of epoxide rings is 1. The largest absolute Gasteiger partial charge is 0.463 e. The Bertz CT molecular complexity index is 294. The zero-order valence-electron chi connectivity index (χ0n) is 10.7. The topological polar surface area (TPSA) is 65.1 Å². The van der Waals surface area contributed by atoms with Gasteiger partial charge in [0.15, 0.2) is 0 Å². The number of carbonyl (C=O) groups is 2. The molecular weight excluding hydrogens is 236 g/mol. The van der Waals surface area contributed by atoms with E-state index in [0.717, 1.165) is 37.8 Å². The summed E-state index contributed by atoms with van der Waals surface area (Å²) in [5.41, 5.74) is 0. The van der Waals surface area contributed by atoms with Gasteiger partial charge < -0.3 is 14.2 Å². The lowest BCUT2D eigenvalue weighted by Crippen LogP contribution is -2.08. The molecule has 0 N–H and O–H groups in total. The molecule has 0 saturated carbocycles. The van der Waals surface area contributed by atoms with Crippen molar-refractivity contribution < 1.29 is 23.8 Å². The Morgan fingerprint density at radius 1 is 1.17 bits per heavy atom. The van der Waals surface area contributed by atoms with Crippen LogP contribution in [-0.2, 0) is 23.8 Å². The number of esters is 2. The van der Waals surface area contributed by atoms with Gasteiger partial charge in [0, 0.05) is 12.2 Å². The van der Waals surface area contributed by atoms with Gasteiger partial charge in [-0.05, 0) is 6.42 Å². The van der Waals surface area contributed by atoms with Crippen LogP contribution in [0.1, 0.15) is 32.6 Å². The van der Waals surface area contributed by atoms with Crippen molar-refractivity contribution in [1.29, 1.82) is 0 Å². The molecule has 1 aliphatic heterocycles. The standard InChI is InChI=1S/C13H20O5/c1-2-3-4-5-8-16-12(14)6-7-13(15)18-10-11-9-17-11/h6-7,11H,2-5,8-10H2,1H3. The maximum absolute atomic E-state index is 11.2. The summed E-state index contributed by atoms with van der Waals surface area (Å²) < 4.78 is 14.6. The summed E-state index contributed by atoms with van der Waals surface area (Å²) in [4.78, 5) is 22.3. The number of hydrogen-bond acceptors (Lipinski definition) is 5. The van der Waals surface area contributed by atoms with Gasteiger partial charge in [-0.1, -0.05) is 26.2 Å². The van der Waals surface area contributed by atoms with Crippen LogP contribution in [0.4, 0.5) is 0 Å². The van der Waals surface area contributed by atoms with Gasteiger partial charge in [0.1, 0.15) is 12.7 Å². The van der Waals surface area contributed by atoms with E-state index in [4.69, 9.17) is 14.2 Å². The molecule has 0 amide bonds. The van der Waals surface area contributed by atoms with Crippen LogP contribution in [0.15, 0.2) is 12.2 Å². The molecule has 0 aliphatic carbocycles. The highest BCUT2D eigenvalue weighted by Gasteiger charge is 2.23. The van der Waals surface area contributed by atoms with Gasteiger partial charge in [0.2, 0.25) is 0 Å². The minimum atomic E-state index is -0.548. The first-order valence-electron chi connectivity index (χ1n) is 6.35. The van der Waals surface area contributed by atoms with Gasteiger partial charge in [0.05, 0.1) is 13.2 Å². The number of rotatable bonds is 9. The second-order valence-electron chi connectivity index (χ2n) is 4.15. The van der Waals surface area contributed by atoms with Crippen molar-refractivity contribution in [2.45, 2.75) is 38.7 Å². The molecule has 0 bridgehead atoms. The first-order valence-corrected chi connectivity index (χ1v) is 6.35. The Balaban J connectivity index is 2.00. The Morgan fingerprint density at radius 2 is 1.83 bits per heavy atom. The molecule has 1 aliphatic rings. The Kier molecular flexibility index (Phi) is 7.10. The average molecular weight is 256 g/mol. The summed E-state index contributed by atoms with van der Waals surface area (Å²) >= 11 is 0. The average Bonchev–Trinajstić information content (AvgIpc) is 3.17. The highest BCUT2D eigenvalue weighted by atomic mass is 16.6. The van der Waals surface area contributed by atoms with Gasteiger partial charge in [-0.15, -0.1) is 0 Å². The van der Waals surface area contributed by atoms with Crippen LogP contribution in [0.3, 0.4) is 0 Å². The molecule has 1 unspecified atom stereocenters. The molecule has 1 atom stereocenters. The maximum Gasteiger partial charge on any atom is 0.331 e. The third-order valence-electron chi connectivity index (χ3n) is 2.41. The highest BCUT2D eigenvalue weighted by Crippen LogP contribution is 2.08. The van der Waals surface area contributed by atoms with E-state index in [1.165, 1.54) is 0 Å². The fraction of sp³-hybridized carbons (Fsp3) is 0.692.